The van der Waals surface area contributed by atoms with Crippen LogP contribution < -0.4 is 34.7 Å². The second-order valence-corrected chi connectivity index (χ2v) is 6.68. The number of carboxylic acids is 1. The van der Waals surface area contributed by atoms with Crippen LogP contribution in [-0.2, 0) is 30.6 Å². The predicted octanol–water partition coefficient (Wildman–Crippen LogP) is -1.26. The van der Waals surface area contributed by atoms with E-state index < -0.39 is 5.97 Å². The second-order valence-electron chi connectivity index (χ2n) is 6.68. The van der Waals surface area contributed by atoms with Gasteiger partial charge in [-0.15, -0.1) is 0 Å². The molecular weight excluding hydrogens is 327 g/mol. The molecule has 1 aliphatic rings. The van der Waals surface area contributed by atoms with Gasteiger partial charge in [0.25, 0.3) is 0 Å². The molecule has 1 N–H and O–H groups in total. The largest absolute Gasteiger partial charge is 1.00 e. The van der Waals surface area contributed by atoms with Gasteiger partial charge in [-0.3, -0.25) is 4.68 Å². The van der Waals surface area contributed by atoms with Crippen LogP contribution in [-0.4, -0.2) is 20.9 Å². The van der Waals surface area contributed by atoms with Crippen molar-refractivity contribution in [1.82, 2.24) is 9.78 Å². The topological polar surface area (TPSA) is 78.2 Å². The fraction of sp³-hybridized carbons (Fsp3) is 0.474. The molecule has 2 aromatic rings. The van der Waals surface area contributed by atoms with Crippen molar-refractivity contribution in [1.29, 1.82) is 0 Å². The van der Waals surface area contributed by atoms with Crippen molar-refractivity contribution in [2.75, 3.05) is 0 Å². The number of carbonyl (C=O) groups excluding carboxylic acids is 1. The van der Waals surface area contributed by atoms with Crippen molar-refractivity contribution >= 4 is 5.97 Å². The molecule has 1 aromatic carbocycles. The number of carbonyl (C=O) groups is 1. The number of hydrogen-bond acceptors (Lipinski definition) is 4. The molecule has 0 spiro atoms. The summed E-state index contributed by atoms with van der Waals surface area (Å²) in [6.45, 7) is 6.23. The Morgan fingerprint density at radius 3 is 2.64 bits per heavy atom. The van der Waals surface area contributed by atoms with E-state index in [2.05, 4.69) is 11.2 Å². The molecule has 1 aliphatic carbocycles. The van der Waals surface area contributed by atoms with E-state index in [9.17, 15) is 15.0 Å². The summed E-state index contributed by atoms with van der Waals surface area (Å²) < 4.78 is 1.76. The van der Waals surface area contributed by atoms with E-state index in [0.29, 0.717) is 12.3 Å². The van der Waals surface area contributed by atoms with Gasteiger partial charge in [0.05, 0.1) is 5.69 Å². The minimum Gasteiger partial charge on any atom is -0.550 e. The van der Waals surface area contributed by atoms with Crippen molar-refractivity contribution in [2.45, 2.75) is 59.4 Å². The third-order valence-electron chi connectivity index (χ3n) is 5.08. The first-order chi connectivity index (χ1) is 11.4. The molecule has 0 saturated heterocycles. The molecule has 0 amide bonds. The van der Waals surface area contributed by atoms with Crippen LogP contribution in [0, 0.1) is 20.8 Å². The number of rotatable bonds is 5. The van der Waals surface area contributed by atoms with Gasteiger partial charge in [0, 0.05) is 36.6 Å². The number of phenolic OH excluding ortho intramolecular Hbond substituents is 1. The summed E-state index contributed by atoms with van der Waals surface area (Å²) >= 11 is 0. The normalized spacial score (nSPS) is 12.8. The van der Waals surface area contributed by atoms with Gasteiger partial charge in [-0.2, -0.15) is 5.10 Å². The standard InChI is InChI=1S/C19H24N2O3.Na/c1-11-9-14(15-5-4-6-16(15)19(11)24)10-17-12(2)20-21(13(17)3)8-7-18(22)23;/h9,24H,4-8,10H2,1-3H3,(H,22,23);/q;+1/p-1. The van der Waals surface area contributed by atoms with Gasteiger partial charge in [-0.05, 0) is 62.3 Å². The van der Waals surface area contributed by atoms with E-state index >= 15 is 0 Å². The van der Waals surface area contributed by atoms with Crippen LogP contribution >= 0.6 is 0 Å². The van der Waals surface area contributed by atoms with Crippen LogP contribution in [0.5, 0.6) is 5.75 Å². The van der Waals surface area contributed by atoms with E-state index in [1.165, 1.54) is 11.1 Å². The van der Waals surface area contributed by atoms with Gasteiger partial charge in [-0.25, -0.2) is 0 Å². The zero-order valence-corrected chi connectivity index (χ0v) is 17.5. The number of aromatic nitrogens is 2. The summed E-state index contributed by atoms with van der Waals surface area (Å²) in [5.74, 6) is -0.611. The Morgan fingerprint density at radius 2 is 1.96 bits per heavy atom. The monoisotopic (exact) mass is 350 g/mol. The number of fused-ring (bicyclic) bond motifs is 1. The molecule has 0 aliphatic heterocycles. The van der Waals surface area contributed by atoms with Crippen molar-refractivity contribution in [3.63, 3.8) is 0 Å². The number of aryl methyl sites for hydroxylation is 3. The summed E-state index contributed by atoms with van der Waals surface area (Å²) in [5, 5.41) is 25.4. The summed E-state index contributed by atoms with van der Waals surface area (Å²) in [4.78, 5) is 10.7. The van der Waals surface area contributed by atoms with Crippen molar-refractivity contribution in [3.8, 4) is 5.75 Å². The fourth-order valence-electron chi connectivity index (χ4n) is 3.77. The maximum atomic E-state index is 10.7. The van der Waals surface area contributed by atoms with Gasteiger partial charge < -0.3 is 15.0 Å². The van der Waals surface area contributed by atoms with Gasteiger partial charge in [0.2, 0.25) is 0 Å². The molecule has 0 bridgehead atoms. The number of aliphatic carboxylic acids is 1. The fourth-order valence-corrected chi connectivity index (χ4v) is 3.77. The Kier molecular flexibility index (Phi) is 6.35. The van der Waals surface area contributed by atoms with Crippen molar-refractivity contribution in [2.24, 2.45) is 0 Å². The Bertz CT molecular complexity index is 812. The molecule has 0 unspecified atom stereocenters. The molecular formula is C19H23N2NaO3. The van der Waals surface area contributed by atoms with Gasteiger partial charge in [-0.1, -0.05) is 6.07 Å². The molecule has 0 atom stereocenters. The van der Waals surface area contributed by atoms with Crippen LogP contribution in [0.4, 0.5) is 0 Å². The minimum absolute atomic E-state index is 0. The number of carboxylic acid groups (broad SMARTS) is 1. The van der Waals surface area contributed by atoms with E-state index in [1.54, 1.807) is 4.68 Å². The van der Waals surface area contributed by atoms with Crippen molar-refractivity contribution in [3.05, 3.63) is 45.3 Å². The Morgan fingerprint density at radius 1 is 1.28 bits per heavy atom. The average molecular weight is 350 g/mol. The Balaban J connectivity index is 0.00000225. The van der Waals surface area contributed by atoms with Crippen LogP contribution in [0.2, 0.25) is 0 Å². The zero-order valence-electron chi connectivity index (χ0n) is 15.5. The van der Waals surface area contributed by atoms with E-state index in [-0.39, 0.29) is 36.0 Å². The van der Waals surface area contributed by atoms with E-state index in [1.807, 2.05) is 20.8 Å². The number of benzene rings is 1. The molecule has 128 valence electrons. The van der Waals surface area contributed by atoms with Gasteiger partial charge in [0.1, 0.15) is 5.75 Å². The van der Waals surface area contributed by atoms with Crippen molar-refractivity contribution < 1.29 is 44.6 Å². The summed E-state index contributed by atoms with van der Waals surface area (Å²) in [5.41, 5.74) is 7.64. The molecule has 0 radical (unpaired) electrons. The first kappa shape index (κ1) is 20.0. The van der Waals surface area contributed by atoms with Crippen LogP contribution in [0.3, 0.4) is 0 Å². The maximum absolute atomic E-state index is 10.7. The molecule has 3 rings (SSSR count). The quantitative estimate of drug-likeness (QED) is 0.683. The van der Waals surface area contributed by atoms with Crippen LogP contribution in [0.15, 0.2) is 6.07 Å². The Labute approximate surface area is 170 Å². The van der Waals surface area contributed by atoms with Crippen LogP contribution in [0.25, 0.3) is 0 Å². The summed E-state index contributed by atoms with van der Waals surface area (Å²) in [7, 11) is 0. The van der Waals surface area contributed by atoms with Gasteiger partial charge >= 0.3 is 29.6 Å². The number of phenols is 1. The molecule has 5 nitrogen and oxygen atoms in total. The van der Waals surface area contributed by atoms with E-state index in [0.717, 1.165) is 53.8 Å². The zero-order chi connectivity index (χ0) is 17.4. The first-order valence-corrected chi connectivity index (χ1v) is 8.44. The number of aromatic hydroxyl groups is 1. The number of nitrogens with zero attached hydrogens (tertiary/aromatic N) is 2. The SMILES string of the molecule is Cc1cc(Cc2c(C)nn(CCC(=O)[O-])c2C)c2c(c1O)CCC2.[Na+]. The molecule has 1 heterocycles. The Hall–Kier alpha value is -1.30. The third-order valence-corrected chi connectivity index (χ3v) is 5.08. The average Bonchev–Trinajstić information content (AvgIpc) is 3.11. The van der Waals surface area contributed by atoms with Gasteiger partial charge in [0.15, 0.2) is 0 Å². The number of hydrogen-bond donors (Lipinski definition) is 1. The third kappa shape index (κ3) is 3.94. The molecule has 25 heavy (non-hydrogen) atoms. The second kappa shape index (κ2) is 7.94. The molecule has 0 saturated carbocycles. The molecule has 6 heteroatoms. The summed E-state index contributed by atoms with van der Waals surface area (Å²) in [6, 6.07) is 2.08. The molecule has 1 aromatic heterocycles. The predicted molar refractivity (Wildman–Crippen MR) is 89.0 cm³/mol. The van der Waals surface area contributed by atoms with Crippen LogP contribution in [0.1, 0.15) is 52.0 Å². The first-order valence-electron chi connectivity index (χ1n) is 8.44. The maximum Gasteiger partial charge on any atom is 1.00 e. The smallest absolute Gasteiger partial charge is 0.550 e. The summed E-state index contributed by atoms with van der Waals surface area (Å²) in [6.07, 6.45) is 3.78. The van der Waals surface area contributed by atoms with E-state index in [4.69, 9.17) is 0 Å². The molecule has 0 fully saturated rings. The minimum atomic E-state index is -1.06.